The van der Waals surface area contributed by atoms with Crippen LogP contribution in [0.5, 0.6) is 0 Å². The second-order valence-electron chi connectivity index (χ2n) is 21.6. The Balaban J connectivity index is 0.000000214. The van der Waals surface area contributed by atoms with Gasteiger partial charge in [-0.25, -0.2) is 4.79 Å². The zero-order chi connectivity index (χ0) is 54.4. The molecule has 0 amide bonds. The highest BCUT2D eigenvalue weighted by atomic mass is 32.2. The van der Waals surface area contributed by atoms with Crippen molar-refractivity contribution < 1.29 is 65.9 Å². The first-order chi connectivity index (χ1) is 35.1. The molecule has 0 heterocycles. The van der Waals surface area contributed by atoms with Crippen molar-refractivity contribution >= 4 is 46.8 Å². The lowest BCUT2D eigenvalue weighted by Crippen LogP contribution is -2.50. The third kappa shape index (κ3) is 20.1. The van der Waals surface area contributed by atoms with E-state index in [0.717, 1.165) is 74.7 Å². The molecule has 0 radical (unpaired) electrons. The molecule has 3 aromatic rings. The van der Waals surface area contributed by atoms with Crippen LogP contribution < -0.4 is 5.26 Å². The summed E-state index contributed by atoms with van der Waals surface area (Å²) in [6.45, 7) is 13.1. The van der Waals surface area contributed by atoms with E-state index in [9.17, 15) is 37.6 Å². The topological polar surface area (TPSA) is 147 Å². The molecule has 74 heavy (non-hydrogen) atoms. The number of carbonyl (C=O) groups is 4. The number of benzene rings is 3. The second kappa shape index (κ2) is 30.0. The van der Waals surface area contributed by atoms with Crippen molar-refractivity contribution in [3.05, 3.63) is 90.5 Å². The predicted molar refractivity (Wildman–Crippen MR) is 280 cm³/mol. The number of halogens is 3. The molecule has 3 aromatic carbocycles. The summed E-state index contributed by atoms with van der Waals surface area (Å²) in [5.74, 6) is 0.732. The fraction of sp³-hybridized carbons (Fsp3) is 0.621. The van der Waals surface area contributed by atoms with Gasteiger partial charge in [-0.05, 0) is 172 Å². The lowest BCUT2D eigenvalue weighted by molar-refractivity contribution is -0.777. The Morgan fingerprint density at radius 1 is 0.662 bits per heavy atom. The molecular weight excluding hydrogens is 994 g/mol. The van der Waals surface area contributed by atoms with E-state index >= 15 is 0 Å². The van der Waals surface area contributed by atoms with Gasteiger partial charge in [-0.3, -0.25) is 19.4 Å². The van der Waals surface area contributed by atoms with Crippen molar-refractivity contribution in [1.29, 1.82) is 0 Å². The molecule has 0 saturated heterocycles. The van der Waals surface area contributed by atoms with Gasteiger partial charge in [0.05, 0.1) is 32.9 Å². The Labute approximate surface area is 445 Å². The summed E-state index contributed by atoms with van der Waals surface area (Å²) in [6.07, 6.45) is 13.1. The summed E-state index contributed by atoms with van der Waals surface area (Å²) in [6, 6.07) is 30.4. The van der Waals surface area contributed by atoms with E-state index in [2.05, 4.69) is 125 Å². The largest absolute Gasteiger partial charge is 0.691 e. The van der Waals surface area contributed by atoms with E-state index in [0.29, 0.717) is 12.2 Å². The number of hydrogen-bond donors (Lipinski definition) is 0. The van der Waals surface area contributed by atoms with Crippen LogP contribution in [0.15, 0.2) is 99.6 Å². The number of carbonyl (C=O) groups excluding carboxylic acids is 4. The maximum Gasteiger partial charge on any atom is 0.422 e. The first-order valence-corrected chi connectivity index (χ1v) is 28.5. The highest BCUT2D eigenvalue weighted by molar-refractivity contribution is 7.97. The van der Waals surface area contributed by atoms with E-state index in [1.165, 1.54) is 71.6 Å². The Bertz CT molecular complexity index is 2070. The van der Waals surface area contributed by atoms with Crippen LogP contribution in [0.2, 0.25) is 0 Å². The average Bonchev–Trinajstić information content (AvgIpc) is 3.37. The van der Waals surface area contributed by atoms with E-state index in [1.807, 2.05) is 13.8 Å². The number of alkyl halides is 3. The quantitative estimate of drug-likeness (QED) is 0.0227. The van der Waals surface area contributed by atoms with Gasteiger partial charge in [0.2, 0.25) is 0 Å². The number of aryl methyl sites for hydroxylation is 1. The molecule has 0 N–H and O–H groups in total. The van der Waals surface area contributed by atoms with Crippen molar-refractivity contribution in [3.8, 4) is 0 Å². The molecule has 11 nitrogen and oxygen atoms in total. The van der Waals surface area contributed by atoms with Gasteiger partial charge in [-0.2, -0.15) is 17.5 Å². The van der Waals surface area contributed by atoms with E-state index in [-0.39, 0.29) is 45.9 Å². The van der Waals surface area contributed by atoms with Crippen LogP contribution in [0.3, 0.4) is 0 Å². The van der Waals surface area contributed by atoms with Gasteiger partial charge >= 0.3 is 30.1 Å². The minimum absolute atomic E-state index is 0.00702. The number of esters is 4. The van der Waals surface area contributed by atoms with Crippen LogP contribution in [-0.4, -0.2) is 61.2 Å². The van der Waals surface area contributed by atoms with Crippen LogP contribution in [-0.2, 0) is 58.4 Å². The SMILES string of the molecule is CCC(C)(C)C(=O)OCC(=O)OCC(F)(F)F.CCC1(OC(=O)C(C)(C)CC)CCCCCCC1.Cc1ccc([S+](c2ccccc2)c2ccccc2)cc1.O=C(OCCSOO[O-])C12CC3CC(CC(C3)C1)C2. The van der Waals surface area contributed by atoms with E-state index < -0.39 is 36.7 Å². The van der Waals surface area contributed by atoms with Gasteiger partial charge in [0, 0.05) is 12.0 Å². The summed E-state index contributed by atoms with van der Waals surface area (Å²) in [5, 5.41) is 12.8. The van der Waals surface area contributed by atoms with Crippen LogP contribution in [0.25, 0.3) is 0 Å². The highest BCUT2D eigenvalue weighted by Gasteiger charge is 2.55. The average molecular weight is 1080 g/mol. The molecule has 16 heteroatoms. The zero-order valence-corrected chi connectivity index (χ0v) is 46.5. The smallest absolute Gasteiger partial charge is 0.422 e. The second-order valence-corrected chi connectivity index (χ2v) is 24.4. The van der Waals surface area contributed by atoms with Gasteiger partial charge in [0.1, 0.15) is 12.2 Å². The van der Waals surface area contributed by atoms with Crippen molar-refractivity contribution in [3.63, 3.8) is 0 Å². The summed E-state index contributed by atoms with van der Waals surface area (Å²) < 4.78 is 58.9. The summed E-state index contributed by atoms with van der Waals surface area (Å²) in [5.41, 5.74) is -0.188. The first-order valence-electron chi connectivity index (χ1n) is 26.4. The van der Waals surface area contributed by atoms with Crippen molar-refractivity contribution in [2.45, 2.75) is 185 Å². The molecule has 0 spiro atoms. The van der Waals surface area contributed by atoms with Crippen LogP contribution in [0.1, 0.15) is 157 Å². The molecule has 5 aliphatic carbocycles. The molecule has 8 rings (SSSR count). The van der Waals surface area contributed by atoms with Gasteiger partial charge in [0.15, 0.2) is 27.9 Å². The Morgan fingerprint density at radius 2 is 1.14 bits per heavy atom. The van der Waals surface area contributed by atoms with Crippen LogP contribution >= 0.6 is 12.0 Å². The first kappa shape index (κ1) is 62.4. The summed E-state index contributed by atoms with van der Waals surface area (Å²) in [4.78, 5) is 50.9. The minimum atomic E-state index is -4.58. The van der Waals surface area contributed by atoms with Crippen molar-refractivity contribution in [2.24, 2.45) is 34.0 Å². The Morgan fingerprint density at radius 3 is 1.59 bits per heavy atom. The van der Waals surface area contributed by atoms with E-state index in [4.69, 9.17) is 9.47 Å². The molecule has 4 bridgehead atoms. The number of rotatable bonds is 18. The van der Waals surface area contributed by atoms with Gasteiger partial charge < -0.3 is 24.2 Å². The van der Waals surface area contributed by atoms with E-state index in [1.54, 1.807) is 20.8 Å². The summed E-state index contributed by atoms with van der Waals surface area (Å²) >= 11 is 0.860. The van der Waals surface area contributed by atoms with Crippen molar-refractivity contribution in [1.82, 2.24) is 0 Å². The van der Waals surface area contributed by atoms with Gasteiger partial charge in [-0.1, -0.05) is 94.1 Å². The fourth-order valence-electron chi connectivity index (χ4n) is 10.2. The predicted octanol–water partition coefficient (Wildman–Crippen LogP) is 13.6. The van der Waals surface area contributed by atoms with Crippen LogP contribution in [0.4, 0.5) is 13.2 Å². The van der Waals surface area contributed by atoms with Crippen LogP contribution in [0, 0.1) is 40.9 Å². The number of hydrogen-bond acceptors (Lipinski definition) is 12. The maximum absolute atomic E-state index is 12.4. The third-order valence-electron chi connectivity index (χ3n) is 15.0. The Kier molecular flexibility index (Phi) is 25.3. The molecule has 5 saturated carbocycles. The standard InChI is InChI=1S/C19H17S.C16H30O2.C13H20O5S.C10H15F3O4/c1-16-12-14-19(15-13-16)20(17-8-4-2-5-9-17)18-10-6-3-7-11-18;1-5-15(3,4)14(17)18-16(6-2)12-10-8-7-9-11-13-16;14-12(16-1-2-19-18-17-15)13-6-9-3-10(7-13)5-11(4-9)8-13;1-4-9(2,3)8(15)16-5-7(14)17-6-10(11,12)13/h2-15H,1H3;5-13H2,1-4H3;9-11,15H,1-8H2;4-6H2,1-3H3/q+1;;;/p-1. The molecule has 0 aromatic heterocycles. The molecule has 0 atom stereocenters. The molecule has 0 aliphatic heterocycles. The van der Waals surface area contributed by atoms with Crippen molar-refractivity contribution in [2.75, 3.05) is 25.6 Å². The Hall–Kier alpha value is -4.09. The monoisotopic (exact) mass is 1070 g/mol. The normalized spacial score (nSPS) is 20.9. The van der Waals surface area contributed by atoms with Gasteiger partial charge in [0.25, 0.3) is 0 Å². The fourth-order valence-corrected chi connectivity index (χ4v) is 12.5. The lowest BCUT2D eigenvalue weighted by atomic mass is 9.49. The minimum Gasteiger partial charge on any atom is -0.691 e. The zero-order valence-electron chi connectivity index (χ0n) is 44.9. The highest BCUT2D eigenvalue weighted by Crippen LogP contribution is 2.60. The molecule has 0 unspecified atom stereocenters. The molecule has 412 valence electrons. The number of ether oxygens (including phenoxy) is 4. The molecule has 5 aliphatic rings. The van der Waals surface area contributed by atoms with Gasteiger partial charge in [-0.15, -0.1) is 0 Å². The molecular formula is C58H81F3O11S2. The summed E-state index contributed by atoms with van der Waals surface area (Å²) in [7, 11) is -0.0229. The third-order valence-corrected chi connectivity index (χ3v) is 17.7. The lowest BCUT2D eigenvalue weighted by Gasteiger charge is -2.55. The molecule has 5 fully saturated rings. The maximum atomic E-state index is 12.4.